The molecule has 21 heavy (non-hydrogen) atoms. The molecule has 0 aromatic heterocycles. The Hall–Kier alpha value is -1.66. The van der Waals surface area contributed by atoms with E-state index in [0.717, 1.165) is 0 Å². The third kappa shape index (κ3) is 3.71. The molecule has 0 unspecified atom stereocenters. The largest absolute Gasteiger partial charge is 0.465 e. The van der Waals surface area contributed by atoms with E-state index < -0.39 is 15.8 Å². The van der Waals surface area contributed by atoms with Crippen molar-refractivity contribution in [2.24, 2.45) is 0 Å². The Bertz CT molecular complexity index is 769. The summed E-state index contributed by atoms with van der Waals surface area (Å²) in [7, 11) is -2.27. The second-order valence-electron chi connectivity index (χ2n) is 4.37. The standard InChI is InChI=1S/C15H13BrO4S/c1-20-15(17)14-8-3-2-5-11(14)10-21(18,19)13-7-4-6-12(16)9-13/h2-9H,10H2,1H3. The van der Waals surface area contributed by atoms with Crippen LogP contribution in [0.4, 0.5) is 0 Å². The maximum Gasteiger partial charge on any atom is 0.338 e. The minimum Gasteiger partial charge on any atom is -0.465 e. The highest BCUT2D eigenvalue weighted by molar-refractivity contribution is 9.10. The molecule has 2 rings (SSSR count). The number of esters is 1. The lowest BCUT2D eigenvalue weighted by molar-refractivity contribution is 0.0600. The van der Waals surface area contributed by atoms with Gasteiger partial charge in [0.2, 0.25) is 0 Å². The van der Waals surface area contributed by atoms with E-state index in [4.69, 9.17) is 0 Å². The topological polar surface area (TPSA) is 60.4 Å². The predicted molar refractivity (Wildman–Crippen MR) is 82.8 cm³/mol. The summed E-state index contributed by atoms with van der Waals surface area (Å²) in [5.74, 6) is -0.801. The van der Waals surface area contributed by atoms with Crippen LogP contribution in [0.1, 0.15) is 15.9 Å². The van der Waals surface area contributed by atoms with Crippen LogP contribution in [0.25, 0.3) is 0 Å². The summed E-state index contributed by atoms with van der Waals surface area (Å²) in [6, 6.07) is 13.0. The van der Waals surface area contributed by atoms with Gasteiger partial charge in [0.15, 0.2) is 9.84 Å². The quantitative estimate of drug-likeness (QED) is 0.777. The third-order valence-electron chi connectivity index (χ3n) is 2.92. The van der Waals surface area contributed by atoms with E-state index >= 15 is 0 Å². The van der Waals surface area contributed by atoms with E-state index in [1.165, 1.54) is 19.2 Å². The van der Waals surface area contributed by atoms with Crippen molar-refractivity contribution in [3.05, 3.63) is 64.1 Å². The van der Waals surface area contributed by atoms with Gasteiger partial charge in [-0.2, -0.15) is 0 Å². The summed E-state index contributed by atoms with van der Waals surface area (Å²) in [5.41, 5.74) is 0.683. The van der Waals surface area contributed by atoms with Crippen LogP contribution in [-0.2, 0) is 20.3 Å². The van der Waals surface area contributed by atoms with Crippen LogP contribution in [0, 0.1) is 0 Å². The second kappa shape index (κ2) is 6.41. The van der Waals surface area contributed by atoms with Gasteiger partial charge in [0, 0.05) is 4.47 Å². The van der Waals surface area contributed by atoms with Crippen molar-refractivity contribution in [1.29, 1.82) is 0 Å². The van der Waals surface area contributed by atoms with Gasteiger partial charge in [-0.15, -0.1) is 0 Å². The molecule has 0 heterocycles. The van der Waals surface area contributed by atoms with Crippen LogP contribution in [0.3, 0.4) is 0 Å². The Morgan fingerprint density at radius 1 is 1.14 bits per heavy atom. The van der Waals surface area contributed by atoms with Crippen LogP contribution >= 0.6 is 15.9 Å². The van der Waals surface area contributed by atoms with Gasteiger partial charge in [-0.3, -0.25) is 0 Å². The summed E-state index contributed by atoms with van der Waals surface area (Å²) in [6.07, 6.45) is 0. The molecule has 0 atom stereocenters. The lowest BCUT2D eigenvalue weighted by Crippen LogP contribution is -2.11. The summed E-state index contributed by atoms with van der Waals surface area (Å²) in [4.78, 5) is 11.9. The Labute approximate surface area is 131 Å². The molecule has 0 saturated carbocycles. The van der Waals surface area contributed by atoms with Crippen molar-refractivity contribution in [2.45, 2.75) is 10.6 Å². The monoisotopic (exact) mass is 368 g/mol. The molecule has 0 N–H and O–H groups in total. The van der Waals surface area contributed by atoms with Crippen molar-refractivity contribution in [3.63, 3.8) is 0 Å². The Morgan fingerprint density at radius 3 is 2.52 bits per heavy atom. The van der Waals surface area contributed by atoms with Gasteiger partial charge in [0.25, 0.3) is 0 Å². The number of rotatable bonds is 4. The first-order valence-corrected chi connectivity index (χ1v) is 8.53. The molecule has 0 aliphatic heterocycles. The molecular formula is C15H13BrO4S. The zero-order valence-corrected chi connectivity index (χ0v) is 13.6. The molecule has 0 aliphatic carbocycles. The van der Waals surface area contributed by atoms with Crippen LogP contribution < -0.4 is 0 Å². The molecule has 2 aromatic carbocycles. The summed E-state index contributed by atoms with van der Waals surface area (Å²) < 4.78 is 30.2. The Balaban J connectivity index is 2.40. The summed E-state index contributed by atoms with van der Waals surface area (Å²) >= 11 is 3.25. The molecule has 2 aromatic rings. The Kier molecular flexibility index (Phi) is 4.80. The number of sulfone groups is 1. The normalized spacial score (nSPS) is 11.1. The summed E-state index contributed by atoms with van der Waals surface area (Å²) in [5, 5.41) is 0. The van der Waals surface area contributed by atoms with Crippen LogP contribution in [-0.4, -0.2) is 21.5 Å². The fourth-order valence-electron chi connectivity index (χ4n) is 1.90. The van der Waals surface area contributed by atoms with E-state index in [9.17, 15) is 13.2 Å². The predicted octanol–water partition coefficient (Wildman–Crippen LogP) is 3.21. The number of methoxy groups -OCH3 is 1. The molecule has 0 bridgehead atoms. The molecule has 0 fully saturated rings. The van der Waals surface area contributed by atoms with Crippen molar-refractivity contribution in [2.75, 3.05) is 7.11 Å². The highest BCUT2D eigenvalue weighted by Crippen LogP contribution is 2.22. The average Bonchev–Trinajstić information content (AvgIpc) is 2.46. The van der Waals surface area contributed by atoms with E-state index in [0.29, 0.717) is 10.0 Å². The van der Waals surface area contributed by atoms with Gasteiger partial charge in [0.1, 0.15) is 0 Å². The van der Waals surface area contributed by atoms with Crippen molar-refractivity contribution in [1.82, 2.24) is 0 Å². The molecule has 4 nitrogen and oxygen atoms in total. The first kappa shape index (κ1) is 15.7. The minimum atomic E-state index is -3.54. The van der Waals surface area contributed by atoms with E-state index in [1.54, 1.807) is 36.4 Å². The first-order valence-electron chi connectivity index (χ1n) is 6.08. The maximum absolute atomic E-state index is 12.4. The van der Waals surface area contributed by atoms with Crippen molar-refractivity contribution < 1.29 is 17.9 Å². The van der Waals surface area contributed by atoms with E-state index in [-0.39, 0.29) is 16.2 Å². The van der Waals surface area contributed by atoms with Crippen LogP contribution in [0.15, 0.2) is 57.9 Å². The number of ether oxygens (including phenoxy) is 1. The summed E-state index contributed by atoms with van der Waals surface area (Å²) in [6.45, 7) is 0. The SMILES string of the molecule is COC(=O)c1ccccc1CS(=O)(=O)c1cccc(Br)c1. The molecular weight excluding hydrogens is 356 g/mol. The Morgan fingerprint density at radius 2 is 1.86 bits per heavy atom. The zero-order chi connectivity index (χ0) is 15.5. The van der Waals surface area contributed by atoms with Crippen LogP contribution in [0.2, 0.25) is 0 Å². The molecule has 0 radical (unpaired) electrons. The maximum atomic E-state index is 12.4. The smallest absolute Gasteiger partial charge is 0.338 e. The first-order chi connectivity index (χ1) is 9.94. The number of hydrogen-bond acceptors (Lipinski definition) is 4. The minimum absolute atomic E-state index is 0.205. The lowest BCUT2D eigenvalue weighted by atomic mass is 10.1. The fraction of sp³-hybridized carbons (Fsp3) is 0.133. The molecule has 110 valence electrons. The van der Waals surface area contributed by atoms with Gasteiger partial charge in [-0.05, 0) is 29.8 Å². The van der Waals surface area contributed by atoms with E-state index in [2.05, 4.69) is 20.7 Å². The average molecular weight is 369 g/mol. The van der Waals surface area contributed by atoms with Crippen LogP contribution in [0.5, 0.6) is 0 Å². The van der Waals surface area contributed by atoms with Gasteiger partial charge >= 0.3 is 5.97 Å². The number of halogens is 1. The number of benzene rings is 2. The number of carbonyl (C=O) groups is 1. The van der Waals surface area contributed by atoms with Gasteiger partial charge in [-0.1, -0.05) is 40.2 Å². The fourth-order valence-corrected chi connectivity index (χ4v) is 3.87. The van der Waals surface area contributed by atoms with Crippen molar-refractivity contribution >= 4 is 31.7 Å². The molecule has 0 aliphatic rings. The molecule has 0 spiro atoms. The highest BCUT2D eigenvalue weighted by atomic mass is 79.9. The third-order valence-corrected chi connectivity index (χ3v) is 5.08. The van der Waals surface area contributed by atoms with Gasteiger partial charge in [-0.25, -0.2) is 13.2 Å². The van der Waals surface area contributed by atoms with Crippen molar-refractivity contribution in [3.8, 4) is 0 Å². The lowest BCUT2D eigenvalue weighted by Gasteiger charge is -2.09. The van der Waals surface area contributed by atoms with E-state index in [1.807, 2.05) is 0 Å². The molecule has 0 amide bonds. The van der Waals surface area contributed by atoms with Gasteiger partial charge in [0.05, 0.1) is 23.3 Å². The number of hydrogen-bond donors (Lipinski definition) is 0. The molecule has 6 heteroatoms. The van der Waals surface area contributed by atoms with Gasteiger partial charge < -0.3 is 4.74 Å². The second-order valence-corrected chi connectivity index (χ2v) is 7.27. The zero-order valence-electron chi connectivity index (χ0n) is 11.2. The molecule has 0 saturated heterocycles. The highest BCUT2D eigenvalue weighted by Gasteiger charge is 2.20. The number of carbonyl (C=O) groups excluding carboxylic acids is 1.